The highest BCUT2D eigenvalue weighted by molar-refractivity contribution is 4.86. The summed E-state index contributed by atoms with van der Waals surface area (Å²) in [5, 5.41) is 8.48. The van der Waals surface area contributed by atoms with Crippen LogP contribution in [0, 0.1) is 17.2 Å². The smallest absolute Gasteiger partial charge is 0.116 e. The lowest BCUT2D eigenvalue weighted by Gasteiger charge is -2.28. The van der Waals surface area contributed by atoms with E-state index in [4.69, 9.17) is 15.7 Å². The van der Waals surface area contributed by atoms with Crippen LogP contribution in [0.3, 0.4) is 0 Å². The lowest BCUT2D eigenvalue weighted by molar-refractivity contribution is -0.00627. The maximum Gasteiger partial charge on any atom is 0.116 e. The Hall–Kier alpha value is -0.590. The van der Waals surface area contributed by atoms with Gasteiger partial charge in [-0.05, 0) is 18.8 Å². The van der Waals surface area contributed by atoms with Gasteiger partial charge in [-0.1, -0.05) is 19.8 Å². The lowest BCUT2D eigenvalue weighted by Crippen LogP contribution is -2.32. The molecule has 1 aliphatic rings. The molecule has 1 aliphatic carbocycles. The van der Waals surface area contributed by atoms with Crippen LogP contribution >= 0.6 is 0 Å². The summed E-state index contributed by atoms with van der Waals surface area (Å²) in [6, 6.07) is 1.51. The molecular formula is C10H18N2O. The zero-order valence-corrected chi connectivity index (χ0v) is 8.20. The number of ether oxygens (including phenoxy) is 1. The van der Waals surface area contributed by atoms with Gasteiger partial charge in [-0.25, -0.2) is 0 Å². The summed E-state index contributed by atoms with van der Waals surface area (Å²) in [7, 11) is 0. The van der Waals surface area contributed by atoms with E-state index in [9.17, 15) is 0 Å². The molecule has 3 nitrogen and oxygen atoms in total. The van der Waals surface area contributed by atoms with Gasteiger partial charge in [0.25, 0.3) is 0 Å². The van der Waals surface area contributed by atoms with Gasteiger partial charge in [0, 0.05) is 0 Å². The zero-order valence-electron chi connectivity index (χ0n) is 8.20. The third kappa shape index (κ3) is 3.33. The number of nitrogens with zero attached hydrogens (tertiary/aromatic N) is 1. The van der Waals surface area contributed by atoms with Gasteiger partial charge < -0.3 is 10.5 Å². The van der Waals surface area contributed by atoms with Crippen molar-refractivity contribution in [2.75, 3.05) is 6.61 Å². The highest BCUT2D eigenvalue weighted by Gasteiger charge is 2.22. The Morgan fingerprint density at radius 1 is 1.54 bits per heavy atom. The predicted octanol–water partition coefficient (Wildman–Crippen LogP) is 1.43. The van der Waals surface area contributed by atoms with Gasteiger partial charge in [0.1, 0.15) is 6.04 Å². The SMILES string of the molecule is CC1CCCCC1OCC(N)C#N. The molecule has 0 aliphatic heterocycles. The van der Waals surface area contributed by atoms with Crippen LogP contribution in [0.5, 0.6) is 0 Å². The number of rotatable bonds is 3. The van der Waals surface area contributed by atoms with E-state index >= 15 is 0 Å². The van der Waals surface area contributed by atoms with Crippen LogP contribution in [0.2, 0.25) is 0 Å². The summed E-state index contributed by atoms with van der Waals surface area (Å²) in [5.74, 6) is 0.625. The van der Waals surface area contributed by atoms with Crippen LogP contribution in [0.15, 0.2) is 0 Å². The third-order valence-electron chi connectivity index (χ3n) is 2.69. The maximum absolute atomic E-state index is 8.48. The van der Waals surface area contributed by atoms with Crippen LogP contribution < -0.4 is 5.73 Å². The highest BCUT2D eigenvalue weighted by Crippen LogP contribution is 2.26. The Kier molecular flexibility index (Phi) is 4.20. The van der Waals surface area contributed by atoms with E-state index in [0.29, 0.717) is 18.6 Å². The molecule has 1 rings (SSSR count). The second kappa shape index (κ2) is 5.21. The lowest BCUT2D eigenvalue weighted by atomic mass is 9.88. The Balaban J connectivity index is 2.23. The molecule has 0 radical (unpaired) electrons. The number of nitriles is 1. The predicted molar refractivity (Wildman–Crippen MR) is 51.0 cm³/mol. The normalized spacial score (nSPS) is 30.8. The maximum atomic E-state index is 8.48. The fourth-order valence-electron chi connectivity index (χ4n) is 1.79. The van der Waals surface area contributed by atoms with Crippen molar-refractivity contribution in [2.24, 2.45) is 11.7 Å². The van der Waals surface area contributed by atoms with Crippen LogP contribution in [0.25, 0.3) is 0 Å². The van der Waals surface area contributed by atoms with Crippen molar-refractivity contribution in [1.29, 1.82) is 5.26 Å². The molecule has 0 aromatic rings. The van der Waals surface area contributed by atoms with Gasteiger partial charge in [0.15, 0.2) is 0 Å². The van der Waals surface area contributed by atoms with Gasteiger partial charge in [-0.15, -0.1) is 0 Å². The molecule has 0 aromatic heterocycles. The highest BCUT2D eigenvalue weighted by atomic mass is 16.5. The van der Waals surface area contributed by atoms with Crippen LogP contribution in [0.4, 0.5) is 0 Å². The summed E-state index contributed by atoms with van der Waals surface area (Å²) < 4.78 is 5.60. The van der Waals surface area contributed by atoms with E-state index < -0.39 is 6.04 Å². The van der Waals surface area contributed by atoms with Crippen molar-refractivity contribution in [3.05, 3.63) is 0 Å². The Labute approximate surface area is 79.9 Å². The summed E-state index contributed by atoms with van der Waals surface area (Å²) in [6.45, 7) is 2.59. The quantitative estimate of drug-likeness (QED) is 0.718. The van der Waals surface area contributed by atoms with E-state index in [2.05, 4.69) is 6.92 Å². The Morgan fingerprint density at radius 3 is 2.85 bits per heavy atom. The van der Waals surface area contributed by atoms with Crippen molar-refractivity contribution >= 4 is 0 Å². The monoisotopic (exact) mass is 182 g/mol. The molecule has 74 valence electrons. The first-order valence-electron chi connectivity index (χ1n) is 5.01. The van der Waals surface area contributed by atoms with Crippen molar-refractivity contribution in [3.8, 4) is 6.07 Å². The molecule has 0 saturated heterocycles. The second-order valence-electron chi connectivity index (χ2n) is 3.87. The minimum Gasteiger partial charge on any atom is -0.375 e. The first kappa shape index (κ1) is 10.5. The molecule has 13 heavy (non-hydrogen) atoms. The van der Waals surface area contributed by atoms with Crippen molar-refractivity contribution < 1.29 is 4.74 Å². The van der Waals surface area contributed by atoms with E-state index in [0.717, 1.165) is 6.42 Å². The van der Waals surface area contributed by atoms with E-state index in [1.165, 1.54) is 19.3 Å². The van der Waals surface area contributed by atoms with Gasteiger partial charge in [-0.3, -0.25) is 0 Å². The molecule has 0 heterocycles. The summed E-state index contributed by atoms with van der Waals surface area (Å²) >= 11 is 0. The molecule has 3 unspecified atom stereocenters. The van der Waals surface area contributed by atoms with Crippen molar-refractivity contribution in [2.45, 2.75) is 44.8 Å². The van der Waals surface area contributed by atoms with Crippen LogP contribution in [0.1, 0.15) is 32.6 Å². The molecule has 0 amide bonds. The zero-order chi connectivity index (χ0) is 9.68. The molecule has 0 spiro atoms. The van der Waals surface area contributed by atoms with Gasteiger partial charge >= 0.3 is 0 Å². The molecule has 0 aromatic carbocycles. The summed E-state index contributed by atoms with van der Waals surface area (Å²) in [6.07, 6.45) is 5.25. The summed E-state index contributed by atoms with van der Waals surface area (Å²) in [5.41, 5.74) is 5.45. The number of nitrogens with two attached hydrogens (primary N) is 1. The molecule has 0 bridgehead atoms. The number of hydrogen-bond donors (Lipinski definition) is 1. The standard InChI is InChI=1S/C10H18N2O/c1-8-4-2-3-5-10(8)13-7-9(12)6-11/h8-10H,2-5,7,12H2,1H3. The van der Waals surface area contributed by atoms with E-state index in [1.54, 1.807) is 0 Å². The average Bonchev–Trinajstić information content (AvgIpc) is 2.16. The van der Waals surface area contributed by atoms with Crippen LogP contribution in [-0.4, -0.2) is 18.8 Å². The average molecular weight is 182 g/mol. The first-order valence-corrected chi connectivity index (χ1v) is 5.01. The molecule has 2 N–H and O–H groups in total. The summed E-state index contributed by atoms with van der Waals surface area (Å²) in [4.78, 5) is 0. The first-order chi connectivity index (χ1) is 6.24. The fraction of sp³-hybridized carbons (Fsp3) is 0.900. The van der Waals surface area contributed by atoms with Gasteiger partial charge in [-0.2, -0.15) is 5.26 Å². The topological polar surface area (TPSA) is 59.0 Å². The molecule has 1 fully saturated rings. The van der Waals surface area contributed by atoms with Gasteiger partial charge in [0.05, 0.1) is 18.8 Å². The van der Waals surface area contributed by atoms with Gasteiger partial charge in [0.2, 0.25) is 0 Å². The molecule has 3 atom stereocenters. The molecule has 3 heteroatoms. The Morgan fingerprint density at radius 2 is 2.23 bits per heavy atom. The van der Waals surface area contributed by atoms with Crippen LogP contribution in [-0.2, 0) is 4.74 Å². The van der Waals surface area contributed by atoms with E-state index in [1.807, 2.05) is 6.07 Å². The molecular weight excluding hydrogens is 164 g/mol. The number of hydrogen-bond acceptors (Lipinski definition) is 3. The minimum absolute atomic E-state index is 0.327. The third-order valence-corrected chi connectivity index (χ3v) is 2.69. The molecule has 1 saturated carbocycles. The van der Waals surface area contributed by atoms with E-state index in [-0.39, 0.29) is 0 Å². The fourth-order valence-corrected chi connectivity index (χ4v) is 1.79. The largest absolute Gasteiger partial charge is 0.375 e. The van der Waals surface area contributed by atoms with Crippen molar-refractivity contribution in [3.63, 3.8) is 0 Å². The Bertz CT molecular complexity index is 188. The second-order valence-corrected chi connectivity index (χ2v) is 3.87. The minimum atomic E-state index is -0.464. The van der Waals surface area contributed by atoms with Crippen molar-refractivity contribution in [1.82, 2.24) is 0 Å².